The summed E-state index contributed by atoms with van der Waals surface area (Å²) in [5.74, 6) is 0. The number of likely N-dealkylation sites (tertiary alicyclic amines) is 1. The molecule has 0 bridgehead atoms. The minimum Gasteiger partial charge on any atom is -0.301 e. The summed E-state index contributed by atoms with van der Waals surface area (Å²) in [5, 5.41) is 1.76. The van der Waals surface area contributed by atoms with Crippen molar-refractivity contribution >= 4 is 0 Å². The Bertz CT molecular complexity index is 100. The second-order valence-corrected chi connectivity index (χ2v) is 3.19. The molecule has 1 rings (SSSR count). The molecule has 0 aromatic heterocycles. The molecule has 0 saturated carbocycles. The predicted octanol–water partition coefficient (Wildman–Crippen LogP) is 0.575. The molecule has 0 amide bonds. The second-order valence-electron chi connectivity index (χ2n) is 3.19. The minimum absolute atomic E-state index is 0.826. The van der Waals surface area contributed by atoms with Crippen LogP contribution in [0.4, 0.5) is 0 Å². The standard InChI is InChI=1S/C8H18N2O/c1-9(2)11-8-7-10-5-3-4-6-10/h3-8H2,1-2H3. The zero-order valence-corrected chi connectivity index (χ0v) is 7.55. The fourth-order valence-electron chi connectivity index (χ4n) is 1.36. The van der Waals surface area contributed by atoms with Crippen molar-refractivity contribution in [2.24, 2.45) is 0 Å². The monoisotopic (exact) mass is 158 g/mol. The summed E-state index contributed by atoms with van der Waals surface area (Å²) in [6.45, 7) is 4.43. The summed E-state index contributed by atoms with van der Waals surface area (Å²) >= 11 is 0. The topological polar surface area (TPSA) is 15.7 Å². The number of rotatable bonds is 4. The summed E-state index contributed by atoms with van der Waals surface area (Å²) in [6.07, 6.45) is 2.73. The molecule has 1 aliphatic heterocycles. The molecule has 0 unspecified atom stereocenters. The highest BCUT2D eigenvalue weighted by Gasteiger charge is 2.10. The van der Waals surface area contributed by atoms with E-state index < -0.39 is 0 Å². The Hall–Kier alpha value is -0.120. The van der Waals surface area contributed by atoms with Crippen molar-refractivity contribution in [3.8, 4) is 0 Å². The molecule has 0 aromatic rings. The molecule has 3 nitrogen and oxygen atoms in total. The normalized spacial score (nSPS) is 19.9. The van der Waals surface area contributed by atoms with Crippen molar-refractivity contribution in [2.75, 3.05) is 40.3 Å². The van der Waals surface area contributed by atoms with Crippen LogP contribution in [0.2, 0.25) is 0 Å². The lowest BCUT2D eigenvalue weighted by Gasteiger charge is -2.16. The van der Waals surface area contributed by atoms with E-state index in [2.05, 4.69) is 4.90 Å². The molecule has 1 fully saturated rings. The maximum atomic E-state index is 5.30. The largest absolute Gasteiger partial charge is 0.301 e. The summed E-state index contributed by atoms with van der Waals surface area (Å²) in [7, 11) is 3.84. The van der Waals surface area contributed by atoms with Gasteiger partial charge in [0.1, 0.15) is 0 Å². The van der Waals surface area contributed by atoms with Gasteiger partial charge < -0.3 is 4.90 Å². The van der Waals surface area contributed by atoms with Gasteiger partial charge in [0.25, 0.3) is 0 Å². The van der Waals surface area contributed by atoms with E-state index in [1.165, 1.54) is 25.9 Å². The van der Waals surface area contributed by atoms with Gasteiger partial charge in [0.15, 0.2) is 0 Å². The highest BCUT2D eigenvalue weighted by atomic mass is 16.7. The van der Waals surface area contributed by atoms with Gasteiger partial charge in [-0.3, -0.25) is 4.84 Å². The third-order valence-electron chi connectivity index (χ3n) is 1.96. The first-order chi connectivity index (χ1) is 5.29. The van der Waals surface area contributed by atoms with Gasteiger partial charge in [0.2, 0.25) is 0 Å². The summed E-state index contributed by atoms with van der Waals surface area (Å²) in [4.78, 5) is 7.74. The summed E-state index contributed by atoms with van der Waals surface area (Å²) < 4.78 is 0. The van der Waals surface area contributed by atoms with Crippen LogP contribution in [0.5, 0.6) is 0 Å². The van der Waals surface area contributed by atoms with Crippen molar-refractivity contribution in [1.29, 1.82) is 0 Å². The highest BCUT2D eigenvalue weighted by molar-refractivity contribution is 4.64. The van der Waals surface area contributed by atoms with E-state index in [0.29, 0.717) is 0 Å². The van der Waals surface area contributed by atoms with E-state index in [1.807, 2.05) is 14.1 Å². The van der Waals surface area contributed by atoms with Crippen LogP contribution >= 0.6 is 0 Å². The molecule has 0 N–H and O–H groups in total. The first-order valence-electron chi connectivity index (χ1n) is 4.31. The molecule has 11 heavy (non-hydrogen) atoms. The van der Waals surface area contributed by atoms with Gasteiger partial charge in [0.05, 0.1) is 6.61 Å². The second kappa shape index (κ2) is 4.70. The van der Waals surface area contributed by atoms with Crippen LogP contribution in [-0.4, -0.2) is 50.3 Å². The van der Waals surface area contributed by atoms with Crippen LogP contribution < -0.4 is 0 Å². The Morgan fingerprint density at radius 1 is 1.27 bits per heavy atom. The van der Waals surface area contributed by atoms with Crippen molar-refractivity contribution in [3.63, 3.8) is 0 Å². The van der Waals surface area contributed by atoms with Crippen molar-refractivity contribution in [3.05, 3.63) is 0 Å². The van der Waals surface area contributed by atoms with Crippen LogP contribution in [0, 0.1) is 0 Å². The van der Waals surface area contributed by atoms with E-state index in [-0.39, 0.29) is 0 Å². The number of nitrogens with zero attached hydrogens (tertiary/aromatic N) is 2. The zero-order chi connectivity index (χ0) is 8.10. The Morgan fingerprint density at radius 3 is 2.45 bits per heavy atom. The Morgan fingerprint density at radius 2 is 1.91 bits per heavy atom. The summed E-state index contributed by atoms with van der Waals surface area (Å²) in [6, 6.07) is 0. The molecule has 0 spiro atoms. The average molecular weight is 158 g/mol. The third kappa shape index (κ3) is 3.70. The van der Waals surface area contributed by atoms with Gasteiger partial charge in [-0.2, -0.15) is 5.06 Å². The van der Waals surface area contributed by atoms with Gasteiger partial charge in [-0.05, 0) is 25.9 Å². The summed E-state index contributed by atoms with van der Waals surface area (Å²) in [5.41, 5.74) is 0. The van der Waals surface area contributed by atoms with Crippen LogP contribution in [0.25, 0.3) is 0 Å². The molecule has 0 atom stereocenters. The van der Waals surface area contributed by atoms with E-state index in [9.17, 15) is 0 Å². The van der Waals surface area contributed by atoms with Crippen molar-refractivity contribution < 1.29 is 4.84 Å². The smallest absolute Gasteiger partial charge is 0.0811 e. The maximum Gasteiger partial charge on any atom is 0.0811 e. The van der Waals surface area contributed by atoms with Gasteiger partial charge in [0, 0.05) is 20.6 Å². The molecule has 1 heterocycles. The van der Waals surface area contributed by atoms with Crippen LogP contribution in [0.3, 0.4) is 0 Å². The lowest BCUT2D eigenvalue weighted by Crippen LogP contribution is -2.26. The lowest BCUT2D eigenvalue weighted by atomic mass is 10.4. The number of hydrogen-bond acceptors (Lipinski definition) is 3. The third-order valence-corrected chi connectivity index (χ3v) is 1.96. The van der Waals surface area contributed by atoms with Crippen LogP contribution in [-0.2, 0) is 4.84 Å². The number of hydrogen-bond donors (Lipinski definition) is 0. The molecular weight excluding hydrogens is 140 g/mol. The van der Waals surface area contributed by atoms with Crippen molar-refractivity contribution in [2.45, 2.75) is 12.8 Å². The average Bonchev–Trinajstić information content (AvgIpc) is 2.39. The quantitative estimate of drug-likeness (QED) is 0.556. The molecule has 3 heteroatoms. The fraction of sp³-hybridized carbons (Fsp3) is 1.00. The molecule has 66 valence electrons. The number of hydroxylamine groups is 2. The fourth-order valence-corrected chi connectivity index (χ4v) is 1.36. The highest BCUT2D eigenvalue weighted by Crippen LogP contribution is 2.05. The molecule has 1 aliphatic rings. The van der Waals surface area contributed by atoms with E-state index in [1.54, 1.807) is 5.06 Å². The van der Waals surface area contributed by atoms with Gasteiger partial charge >= 0.3 is 0 Å². The molecular formula is C8H18N2O. The van der Waals surface area contributed by atoms with Crippen LogP contribution in [0.1, 0.15) is 12.8 Å². The Kier molecular flexibility index (Phi) is 3.83. The van der Waals surface area contributed by atoms with E-state index in [4.69, 9.17) is 4.84 Å². The molecule has 0 radical (unpaired) electrons. The predicted molar refractivity (Wildman–Crippen MR) is 45.3 cm³/mol. The first kappa shape index (κ1) is 8.97. The zero-order valence-electron chi connectivity index (χ0n) is 7.55. The molecule has 0 aromatic carbocycles. The van der Waals surface area contributed by atoms with Gasteiger partial charge in [-0.25, -0.2) is 0 Å². The molecule has 1 saturated heterocycles. The first-order valence-corrected chi connectivity index (χ1v) is 4.31. The van der Waals surface area contributed by atoms with E-state index >= 15 is 0 Å². The minimum atomic E-state index is 0.826. The SMILES string of the molecule is CN(C)OCCN1CCCC1. The van der Waals surface area contributed by atoms with Gasteiger partial charge in [-0.15, -0.1) is 0 Å². The maximum absolute atomic E-state index is 5.30. The van der Waals surface area contributed by atoms with Gasteiger partial charge in [-0.1, -0.05) is 0 Å². The Labute approximate surface area is 68.9 Å². The molecule has 0 aliphatic carbocycles. The van der Waals surface area contributed by atoms with Crippen LogP contribution in [0.15, 0.2) is 0 Å². The Balaban J connectivity index is 1.94. The lowest BCUT2D eigenvalue weighted by molar-refractivity contribution is -0.123. The van der Waals surface area contributed by atoms with Crippen molar-refractivity contribution in [1.82, 2.24) is 9.96 Å². The van der Waals surface area contributed by atoms with E-state index in [0.717, 1.165) is 13.2 Å².